The van der Waals surface area contributed by atoms with E-state index in [1.807, 2.05) is 31.2 Å². The first-order valence-electron chi connectivity index (χ1n) is 7.31. The summed E-state index contributed by atoms with van der Waals surface area (Å²) in [6, 6.07) is 7.51. The summed E-state index contributed by atoms with van der Waals surface area (Å²) in [5.74, 6) is 0.607. The van der Waals surface area contributed by atoms with Gasteiger partial charge in [0.2, 0.25) is 10.0 Å². The third-order valence-corrected chi connectivity index (χ3v) is 5.98. The normalized spacial score (nSPS) is 16.4. The Bertz CT molecular complexity index is 539. The Morgan fingerprint density at radius 1 is 1.25 bits per heavy atom. The zero-order valence-electron chi connectivity index (χ0n) is 12.1. The van der Waals surface area contributed by atoms with Crippen LogP contribution in [-0.4, -0.2) is 25.8 Å². The van der Waals surface area contributed by atoms with Crippen molar-refractivity contribution in [3.05, 3.63) is 35.4 Å². The van der Waals surface area contributed by atoms with E-state index >= 15 is 0 Å². The number of benzene rings is 1. The molecule has 5 heteroatoms. The number of hydrogen-bond donors (Lipinski definition) is 1. The Morgan fingerprint density at radius 3 is 2.40 bits per heavy atom. The van der Waals surface area contributed by atoms with Crippen LogP contribution in [0.3, 0.4) is 0 Å². The van der Waals surface area contributed by atoms with Crippen molar-refractivity contribution < 1.29 is 8.42 Å². The van der Waals surface area contributed by atoms with Crippen LogP contribution < -0.4 is 5.73 Å². The molecule has 0 radical (unpaired) electrons. The van der Waals surface area contributed by atoms with E-state index in [9.17, 15) is 8.42 Å². The van der Waals surface area contributed by atoms with Gasteiger partial charge in [0.1, 0.15) is 0 Å². The van der Waals surface area contributed by atoms with Crippen LogP contribution in [0.1, 0.15) is 37.3 Å². The summed E-state index contributed by atoms with van der Waals surface area (Å²) >= 11 is 0. The van der Waals surface area contributed by atoms with E-state index < -0.39 is 10.0 Å². The van der Waals surface area contributed by atoms with E-state index in [2.05, 4.69) is 0 Å². The second-order valence-electron chi connectivity index (χ2n) is 5.48. The molecule has 1 aromatic carbocycles. The van der Waals surface area contributed by atoms with Gasteiger partial charge in [0.15, 0.2) is 0 Å². The highest BCUT2D eigenvalue weighted by Crippen LogP contribution is 2.28. The number of hydrogen-bond acceptors (Lipinski definition) is 3. The SMILES string of the molecule is CCN(CC1CCC1)S(=O)(=O)Cc1ccccc1CN. The highest BCUT2D eigenvalue weighted by Gasteiger charge is 2.27. The lowest BCUT2D eigenvalue weighted by atomic mass is 9.85. The highest BCUT2D eigenvalue weighted by molar-refractivity contribution is 7.88. The maximum atomic E-state index is 12.6. The molecular formula is C15H24N2O2S. The summed E-state index contributed by atoms with van der Waals surface area (Å²) in [6.45, 7) is 3.50. The lowest BCUT2D eigenvalue weighted by Crippen LogP contribution is -2.38. The van der Waals surface area contributed by atoms with Gasteiger partial charge in [0.25, 0.3) is 0 Å². The Kier molecular flexibility index (Phi) is 5.18. The molecule has 1 fully saturated rings. The molecule has 0 atom stereocenters. The number of sulfonamides is 1. The van der Waals surface area contributed by atoms with E-state index in [0.29, 0.717) is 25.6 Å². The Balaban J connectivity index is 2.11. The van der Waals surface area contributed by atoms with Gasteiger partial charge in [0, 0.05) is 19.6 Å². The first-order valence-corrected chi connectivity index (χ1v) is 8.92. The summed E-state index contributed by atoms with van der Waals surface area (Å²) in [6.07, 6.45) is 3.55. The average molecular weight is 296 g/mol. The van der Waals surface area contributed by atoms with Crippen LogP contribution in [0, 0.1) is 5.92 Å². The van der Waals surface area contributed by atoms with E-state index in [-0.39, 0.29) is 5.75 Å². The van der Waals surface area contributed by atoms with Crippen molar-refractivity contribution in [1.29, 1.82) is 0 Å². The van der Waals surface area contributed by atoms with Gasteiger partial charge in [-0.3, -0.25) is 0 Å². The summed E-state index contributed by atoms with van der Waals surface area (Å²) in [5, 5.41) is 0. The van der Waals surface area contributed by atoms with E-state index in [0.717, 1.165) is 24.0 Å². The third kappa shape index (κ3) is 3.59. The second kappa shape index (κ2) is 6.70. The third-order valence-electron chi connectivity index (χ3n) is 4.11. The molecule has 0 saturated heterocycles. The molecule has 112 valence electrons. The standard InChI is InChI=1S/C15H24N2O2S/c1-2-17(11-13-6-5-7-13)20(18,19)12-15-9-4-3-8-14(15)10-16/h3-4,8-9,13H,2,5-7,10-12,16H2,1H3. The predicted molar refractivity (Wildman–Crippen MR) is 81.5 cm³/mol. The molecule has 1 aromatic rings. The van der Waals surface area contributed by atoms with Crippen molar-refractivity contribution in [2.75, 3.05) is 13.1 Å². The largest absolute Gasteiger partial charge is 0.326 e. The van der Waals surface area contributed by atoms with Crippen LogP contribution >= 0.6 is 0 Å². The molecule has 1 saturated carbocycles. The van der Waals surface area contributed by atoms with Crippen LogP contribution in [0.2, 0.25) is 0 Å². The van der Waals surface area contributed by atoms with Crippen LogP contribution in [0.15, 0.2) is 24.3 Å². The monoisotopic (exact) mass is 296 g/mol. The van der Waals surface area contributed by atoms with Crippen molar-refractivity contribution in [3.8, 4) is 0 Å². The Morgan fingerprint density at radius 2 is 1.90 bits per heavy atom. The van der Waals surface area contributed by atoms with Gasteiger partial charge in [0.05, 0.1) is 5.75 Å². The summed E-state index contributed by atoms with van der Waals surface area (Å²) in [4.78, 5) is 0. The predicted octanol–water partition coefficient (Wildman–Crippen LogP) is 2.10. The molecule has 2 rings (SSSR count). The van der Waals surface area contributed by atoms with Crippen molar-refractivity contribution in [3.63, 3.8) is 0 Å². The summed E-state index contributed by atoms with van der Waals surface area (Å²) in [5.41, 5.74) is 7.42. The van der Waals surface area contributed by atoms with Gasteiger partial charge in [-0.2, -0.15) is 0 Å². The number of nitrogens with zero attached hydrogens (tertiary/aromatic N) is 1. The van der Waals surface area contributed by atoms with E-state index in [1.54, 1.807) is 4.31 Å². The van der Waals surface area contributed by atoms with Gasteiger partial charge in [-0.05, 0) is 29.9 Å². The molecule has 0 bridgehead atoms. The van der Waals surface area contributed by atoms with Gasteiger partial charge < -0.3 is 5.73 Å². The van der Waals surface area contributed by atoms with Gasteiger partial charge >= 0.3 is 0 Å². The molecule has 0 spiro atoms. The van der Waals surface area contributed by atoms with E-state index in [4.69, 9.17) is 5.73 Å². The van der Waals surface area contributed by atoms with E-state index in [1.165, 1.54) is 6.42 Å². The zero-order chi connectivity index (χ0) is 14.6. The molecule has 1 aliphatic carbocycles. The highest BCUT2D eigenvalue weighted by atomic mass is 32.2. The quantitative estimate of drug-likeness (QED) is 0.838. The van der Waals surface area contributed by atoms with Crippen molar-refractivity contribution in [2.24, 2.45) is 11.7 Å². The molecule has 20 heavy (non-hydrogen) atoms. The lowest BCUT2D eigenvalue weighted by molar-refractivity contribution is 0.250. The molecule has 0 aromatic heterocycles. The summed E-state index contributed by atoms with van der Waals surface area (Å²) < 4.78 is 26.7. The van der Waals surface area contributed by atoms with Crippen LogP contribution in [-0.2, 0) is 22.3 Å². The lowest BCUT2D eigenvalue weighted by Gasteiger charge is -2.31. The Hall–Kier alpha value is -0.910. The fraction of sp³-hybridized carbons (Fsp3) is 0.600. The maximum absolute atomic E-state index is 12.6. The average Bonchev–Trinajstić information content (AvgIpc) is 2.37. The maximum Gasteiger partial charge on any atom is 0.218 e. The Labute approximate surface area is 122 Å². The zero-order valence-corrected chi connectivity index (χ0v) is 12.9. The summed E-state index contributed by atoms with van der Waals surface area (Å²) in [7, 11) is -3.25. The minimum Gasteiger partial charge on any atom is -0.326 e. The van der Waals surface area contributed by atoms with Gasteiger partial charge in [-0.15, -0.1) is 0 Å². The number of nitrogens with two attached hydrogens (primary N) is 1. The van der Waals surface area contributed by atoms with Gasteiger partial charge in [-0.1, -0.05) is 37.6 Å². The first-order chi connectivity index (χ1) is 9.56. The first kappa shape index (κ1) is 15.5. The second-order valence-corrected chi connectivity index (χ2v) is 7.45. The fourth-order valence-corrected chi connectivity index (χ4v) is 4.28. The molecule has 0 amide bonds. The minimum atomic E-state index is -3.25. The minimum absolute atomic E-state index is 0.0565. The van der Waals surface area contributed by atoms with Crippen LogP contribution in [0.4, 0.5) is 0 Å². The van der Waals surface area contributed by atoms with Crippen molar-refractivity contribution in [1.82, 2.24) is 4.31 Å². The molecule has 0 heterocycles. The fourth-order valence-electron chi connectivity index (χ4n) is 2.59. The van der Waals surface area contributed by atoms with Crippen LogP contribution in [0.5, 0.6) is 0 Å². The smallest absolute Gasteiger partial charge is 0.218 e. The molecule has 0 aliphatic heterocycles. The van der Waals surface area contributed by atoms with Crippen molar-refractivity contribution >= 4 is 10.0 Å². The topological polar surface area (TPSA) is 63.4 Å². The number of rotatable bonds is 7. The molecule has 0 unspecified atom stereocenters. The van der Waals surface area contributed by atoms with Gasteiger partial charge in [-0.25, -0.2) is 12.7 Å². The molecule has 2 N–H and O–H groups in total. The molecule has 4 nitrogen and oxygen atoms in total. The van der Waals surface area contributed by atoms with Crippen molar-refractivity contribution in [2.45, 2.75) is 38.5 Å². The molecular weight excluding hydrogens is 272 g/mol. The molecule has 1 aliphatic rings. The van der Waals surface area contributed by atoms with Crippen LogP contribution in [0.25, 0.3) is 0 Å².